The van der Waals surface area contributed by atoms with Crippen molar-refractivity contribution in [3.8, 4) is 0 Å². The Morgan fingerprint density at radius 3 is 2.56 bits per heavy atom. The average Bonchev–Trinajstić information content (AvgIpc) is 2.69. The number of hydrogen-bond donors (Lipinski definition) is 0. The van der Waals surface area contributed by atoms with E-state index in [4.69, 9.17) is 14.2 Å². The lowest BCUT2D eigenvalue weighted by Gasteiger charge is -2.35. The molecule has 0 radical (unpaired) electrons. The van der Waals surface area contributed by atoms with Gasteiger partial charge in [0.1, 0.15) is 6.10 Å². The minimum absolute atomic E-state index is 0.00422. The Kier molecular flexibility index (Phi) is 8.15. The maximum Gasteiger partial charge on any atom is 0.302 e. The van der Waals surface area contributed by atoms with Crippen LogP contribution in [-0.4, -0.2) is 31.1 Å². The molecule has 1 aliphatic carbocycles. The Morgan fingerprint density at radius 2 is 1.89 bits per heavy atom. The van der Waals surface area contributed by atoms with Gasteiger partial charge in [-0.25, -0.2) is 0 Å². The van der Waals surface area contributed by atoms with Crippen molar-refractivity contribution in [1.29, 1.82) is 0 Å². The number of benzene rings is 1. The molecule has 0 bridgehead atoms. The van der Waals surface area contributed by atoms with Crippen molar-refractivity contribution in [3.05, 3.63) is 35.9 Å². The third-order valence-corrected chi connectivity index (χ3v) is 5.84. The van der Waals surface area contributed by atoms with Gasteiger partial charge >= 0.3 is 5.97 Å². The van der Waals surface area contributed by atoms with Crippen LogP contribution < -0.4 is 0 Å². The molecular formula is C23H34O4. The predicted molar refractivity (Wildman–Crippen MR) is 105 cm³/mol. The predicted octanol–water partition coefficient (Wildman–Crippen LogP) is 5.04. The highest BCUT2D eigenvalue weighted by atomic mass is 16.7. The van der Waals surface area contributed by atoms with Gasteiger partial charge in [-0.1, -0.05) is 30.3 Å². The molecule has 1 aromatic rings. The monoisotopic (exact) mass is 374 g/mol. The van der Waals surface area contributed by atoms with Crippen LogP contribution in [0.25, 0.3) is 0 Å². The van der Waals surface area contributed by atoms with Crippen LogP contribution in [-0.2, 0) is 25.4 Å². The Labute approximate surface area is 163 Å². The molecule has 150 valence electrons. The van der Waals surface area contributed by atoms with Gasteiger partial charge in [-0.05, 0) is 75.7 Å². The maximum atomic E-state index is 11.6. The number of hydrogen-bond acceptors (Lipinski definition) is 4. The van der Waals surface area contributed by atoms with Crippen molar-refractivity contribution in [1.82, 2.24) is 0 Å². The van der Waals surface area contributed by atoms with E-state index in [-0.39, 0.29) is 18.4 Å². The fourth-order valence-electron chi connectivity index (χ4n) is 4.39. The molecule has 1 heterocycles. The third kappa shape index (κ3) is 6.93. The van der Waals surface area contributed by atoms with E-state index in [1.165, 1.54) is 18.9 Å². The second-order valence-corrected chi connectivity index (χ2v) is 7.99. The number of carbonyl (C=O) groups is 1. The molecule has 1 saturated carbocycles. The van der Waals surface area contributed by atoms with Crippen LogP contribution in [0, 0.1) is 5.92 Å². The van der Waals surface area contributed by atoms with Crippen LogP contribution in [0.4, 0.5) is 0 Å². The first kappa shape index (κ1) is 20.3. The zero-order chi connectivity index (χ0) is 18.9. The molecule has 1 unspecified atom stereocenters. The molecule has 0 N–H and O–H groups in total. The van der Waals surface area contributed by atoms with Gasteiger partial charge in [-0.2, -0.15) is 0 Å². The van der Waals surface area contributed by atoms with Crippen molar-refractivity contribution in [3.63, 3.8) is 0 Å². The zero-order valence-electron chi connectivity index (χ0n) is 16.6. The van der Waals surface area contributed by atoms with E-state index >= 15 is 0 Å². The molecule has 1 aliphatic heterocycles. The summed E-state index contributed by atoms with van der Waals surface area (Å²) in [6, 6.07) is 10.5. The van der Waals surface area contributed by atoms with E-state index in [0.29, 0.717) is 12.0 Å². The van der Waals surface area contributed by atoms with Gasteiger partial charge in [0, 0.05) is 13.5 Å². The Hall–Kier alpha value is -1.39. The molecule has 4 heteroatoms. The second kappa shape index (κ2) is 10.8. The summed E-state index contributed by atoms with van der Waals surface area (Å²) in [5, 5.41) is 0. The lowest BCUT2D eigenvalue weighted by atomic mass is 9.82. The van der Waals surface area contributed by atoms with Crippen LogP contribution in [0.15, 0.2) is 30.3 Å². The summed E-state index contributed by atoms with van der Waals surface area (Å²) in [5.74, 6) is 0.297. The first-order valence-electron chi connectivity index (χ1n) is 10.7. The number of aryl methyl sites for hydroxylation is 1. The summed E-state index contributed by atoms with van der Waals surface area (Å²) in [4.78, 5) is 11.6. The van der Waals surface area contributed by atoms with Gasteiger partial charge in [-0.15, -0.1) is 0 Å². The lowest BCUT2D eigenvalue weighted by Crippen LogP contribution is -2.34. The molecule has 2 fully saturated rings. The molecule has 4 nitrogen and oxygen atoms in total. The van der Waals surface area contributed by atoms with Crippen LogP contribution >= 0.6 is 0 Å². The van der Waals surface area contributed by atoms with Gasteiger partial charge in [0.15, 0.2) is 6.29 Å². The second-order valence-electron chi connectivity index (χ2n) is 7.99. The molecule has 2 atom stereocenters. The summed E-state index contributed by atoms with van der Waals surface area (Å²) in [5.41, 5.74) is 1.35. The van der Waals surface area contributed by atoms with E-state index in [0.717, 1.165) is 64.4 Å². The van der Waals surface area contributed by atoms with E-state index in [9.17, 15) is 4.79 Å². The number of carbonyl (C=O) groups excluding carboxylic acids is 1. The van der Waals surface area contributed by atoms with E-state index in [1.807, 2.05) is 6.07 Å². The highest BCUT2D eigenvalue weighted by Crippen LogP contribution is 2.33. The largest absolute Gasteiger partial charge is 0.462 e. The van der Waals surface area contributed by atoms with Crippen molar-refractivity contribution in [2.75, 3.05) is 6.61 Å². The SMILES string of the molecule is CC(=O)O[C@@H](CCCc1ccccc1)C1CCC(OC2CCCCO2)CC1. The summed E-state index contributed by atoms with van der Waals surface area (Å²) in [6.07, 6.45) is 11.0. The highest BCUT2D eigenvalue weighted by molar-refractivity contribution is 5.66. The highest BCUT2D eigenvalue weighted by Gasteiger charge is 2.31. The quantitative estimate of drug-likeness (QED) is 0.598. The maximum absolute atomic E-state index is 11.6. The van der Waals surface area contributed by atoms with Gasteiger partial charge in [-0.3, -0.25) is 4.79 Å². The Balaban J connectivity index is 1.43. The summed E-state index contributed by atoms with van der Waals surface area (Å²) in [7, 11) is 0. The molecule has 1 aromatic carbocycles. The average molecular weight is 375 g/mol. The molecule has 27 heavy (non-hydrogen) atoms. The molecule has 1 saturated heterocycles. The topological polar surface area (TPSA) is 44.8 Å². The van der Waals surface area contributed by atoms with E-state index < -0.39 is 0 Å². The van der Waals surface area contributed by atoms with Gasteiger partial charge in [0.2, 0.25) is 0 Å². The molecular weight excluding hydrogens is 340 g/mol. The van der Waals surface area contributed by atoms with Crippen LogP contribution in [0.2, 0.25) is 0 Å². The Morgan fingerprint density at radius 1 is 1.11 bits per heavy atom. The van der Waals surface area contributed by atoms with Crippen molar-refractivity contribution in [2.24, 2.45) is 5.92 Å². The van der Waals surface area contributed by atoms with Crippen molar-refractivity contribution < 1.29 is 19.0 Å². The molecule has 0 spiro atoms. The minimum atomic E-state index is -0.159. The van der Waals surface area contributed by atoms with Crippen LogP contribution in [0.3, 0.4) is 0 Å². The summed E-state index contributed by atoms with van der Waals surface area (Å²) < 4.78 is 17.6. The number of ether oxygens (including phenoxy) is 3. The van der Waals surface area contributed by atoms with Gasteiger partial charge in [0.25, 0.3) is 0 Å². The smallest absolute Gasteiger partial charge is 0.302 e. The lowest BCUT2D eigenvalue weighted by molar-refractivity contribution is -0.196. The summed E-state index contributed by atoms with van der Waals surface area (Å²) in [6.45, 7) is 2.36. The molecule has 0 aromatic heterocycles. The molecule has 3 rings (SSSR count). The van der Waals surface area contributed by atoms with Crippen LogP contribution in [0.1, 0.15) is 70.3 Å². The Bertz CT molecular complexity index is 545. The first-order valence-corrected chi connectivity index (χ1v) is 10.7. The normalized spacial score (nSPS) is 27.1. The summed E-state index contributed by atoms with van der Waals surface area (Å²) >= 11 is 0. The minimum Gasteiger partial charge on any atom is -0.462 e. The standard InChI is InChI=1S/C23H34O4/c1-18(24)26-22(11-7-10-19-8-3-2-4-9-19)20-13-15-21(16-14-20)27-23-12-5-6-17-25-23/h2-4,8-9,20-23H,5-7,10-17H2,1H3/t20?,21?,22-,23?/m0/s1. The molecule has 2 aliphatic rings. The fourth-order valence-corrected chi connectivity index (χ4v) is 4.39. The van der Waals surface area contributed by atoms with Gasteiger partial charge < -0.3 is 14.2 Å². The van der Waals surface area contributed by atoms with Crippen LogP contribution in [0.5, 0.6) is 0 Å². The molecule has 0 amide bonds. The van der Waals surface area contributed by atoms with E-state index in [1.54, 1.807) is 0 Å². The number of rotatable bonds is 8. The first-order chi connectivity index (χ1) is 13.2. The van der Waals surface area contributed by atoms with Crippen molar-refractivity contribution in [2.45, 2.75) is 89.6 Å². The number of esters is 1. The fraction of sp³-hybridized carbons (Fsp3) is 0.696. The van der Waals surface area contributed by atoms with Gasteiger partial charge in [0.05, 0.1) is 6.10 Å². The zero-order valence-corrected chi connectivity index (χ0v) is 16.6. The van der Waals surface area contributed by atoms with Crippen molar-refractivity contribution >= 4 is 5.97 Å². The third-order valence-electron chi connectivity index (χ3n) is 5.84. The van der Waals surface area contributed by atoms with E-state index in [2.05, 4.69) is 24.3 Å².